The van der Waals surface area contributed by atoms with E-state index in [1.165, 1.54) is 0 Å². The molecule has 3 fully saturated rings. The Balaban J connectivity index is 2.11. The first-order valence-electron chi connectivity index (χ1n) is 4.42. The first kappa shape index (κ1) is 7.50. The van der Waals surface area contributed by atoms with E-state index < -0.39 is 11.2 Å². The average molecular weight is 182 g/mol. The molecule has 0 N–H and O–H groups in total. The summed E-state index contributed by atoms with van der Waals surface area (Å²) in [6, 6.07) is 0. The lowest BCUT2D eigenvalue weighted by molar-refractivity contribution is -0.143. The minimum atomic E-state index is -0.707. The molecule has 13 heavy (non-hydrogen) atoms. The maximum Gasteiger partial charge on any atom is 0.312 e. The van der Waals surface area contributed by atoms with Gasteiger partial charge in [-0.2, -0.15) is 0 Å². The number of epoxide rings is 1. The van der Waals surface area contributed by atoms with E-state index >= 15 is 0 Å². The molecule has 0 amide bonds. The number of carbonyl (C=O) groups excluding carboxylic acids is 2. The molecular weight excluding hydrogens is 172 g/mol. The average Bonchev–Trinajstić information content (AvgIpc) is 2.40. The van der Waals surface area contributed by atoms with Gasteiger partial charge >= 0.3 is 5.97 Å². The van der Waals surface area contributed by atoms with E-state index in [1.807, 2.05) is 6.92 Å². The zero-order valence-electron chi connectivity index (χ0n) is 7.49. The third-order valence-electron chi connectivity index (χ3n) is 3.78. The first-order valence-corrected chi connectivity index (χ1v) is 4.42. The van der Waals surface area contributed by atoms with Crippen LogP contribution < -0.4 is 0 Å². The molecule has 2 heterocycles. The number of Topliss-reactive ketones (excluding diaryl/α,β-unsaturated/α-hetero) is 1. The predicted octanol–water partition coefficient (Wildman–Crippen LogP) is -0.0941. The van der Waals surface area contributed by atoms with E-state index in [0.29, 0.717) is 0 Å². The van der Waals surface area contributed by atoms with Gasteiger partial charge in [-0.15, -0.1) is 0 Å². The standard InChI is InChI=1S/C9H10O4/c1-8-5-4(3-12-7(5)11)6(10)9(8,2)13-8/h4-5H,3H2,1-2H3. The van der Waals surface area contributed by atoms with Crippen molar-refractivity contribution in [3.05, 3.63) is 0 Å². The maximum atomic E-state index is 11.7. The summed E-state index contributed by atoms with van der Waals surface area (Å²) in [5.74, 6) is -0.853. The number of rotatable bonds is 0. The van der Waals surface area contributed by atoms with Gasteiger partial charge in [-0.05, 0) is 13.8 Å². The van der Waals surface area contributed by atoms with Gasteiger partial charge in [0.05, 0.1) is 5.92 Å². The Kier molecular flexibility index (Phi) is 0.959. The number of ketones is 1. The lowest BCUT2D eigenvalue weighted by Crippen LogP contribution is -2.27. The van der Waals surface area contributed by atoms with Crippen LogP contribution in [0.1, 0.15) is 13.8 Å². The SMILES string of the molecule is CC12OC1(C)C1C(=O)OCC1C2=O. The Bertz CT molecular complexity index is 337. The zero-order valence-corrected chi connectivity index (χ0v) is 7.49. The van der Waals surface area contributed by atoms with Crippen LogP contribution in [0.25, 0.3) is 0 Å². The number of carbonyl (C=O) groups is 2. The van der Waals surface area contributed by atoms with Gasteiger partial charge in [0.2, 0.25) is 0 Å². The molecule has 0 aromatic carbocycles. The van der Waals surface area contributed by atoms with Crippen LogP contribution in [0.15, 0.2) is 0 Å². The van der Waals surface area contributed by atoms with Crippen molar-refractivity contribution in [1.29, 1.82) is 0 Å². The smallest absolute Gasteiger partial charge is 0.312 e. The van der Waals surface area contributed by atoms with Crippen molar-refractivity contribution >= 4 is 11.8 Å². The minimum Gasteiger partial charge on any atom is -0.465 e. The molecule has 3 rings (SSSR count). The van der Waals surface area contributed by atoms with Gasteiger partial charge in [-0.3, -0.25) is 9.59 Å². The second-order valence-electron chi connectivity index (χ2n) is 4.32. The molecule has 0 bridgehead atoms. The zero-order chi connectivity index (χ0) is 9.43. The summed E-state index contributed by atoms with van der Waals surface area (Å²) in [6.07, 6.45) is 0. The summed E-state index contributed by atoms with van der Waals surface area (Å²) in [7, 11) is 0. The molecule has 4 heteroatoms. The third-order valence-corrected chi connectivity index (χ3v) is 3.78. The van der Waals surface area contributed by atoms with Gasteiger partial charge < -0.3 is 9.47 Å². The Hall–Kier alpha value is -0.900. The van der Waals surface area contributed by atoms with Gasteiger partial charge in [-0.1, -0.05) is 0 Å². The molecule has 4 nitrogen and oxygen atoms in total. The van der Waals surface area contributed by atoms with Crippen molar-refractivity contribution in [1.82, 2.24) is 0 Å². The van der Waals surface area contributed by atoms with Gasteiger partial charge in [0.25, 0.3) is 0 Å². The molecular formula is C9H10O4. The second kappa shape index (κ2) is 1.66. The van der Waals surface area contributed by atoms with E-state index in [2.05, 4.69) is 0 Å². The van der Waals surface area contributed by atoms with E-state index in [1.54, 1.807) is 6.92 Å². The van der Waals surface area contributed by atoms with Crippen LogP contribution >= 0.6 is 0 Å². The van der Waals surface area contributed by atoms with E-state index in [0.717, 1.165) is 0 Å². The Labute approximate surface area is 75.2 Å². The van der Waals surface area contributed by atoms with Crippen LogP contribution in [-0.2, 0) is 19.1 Å². The topological polar surface area (TPSA) is 55.9 Å². The van der Waals surface area contributed by atoms with Crippen LogP contribution in [0.5, 0.6) is 0 Å². The van der Waals surface area contributed by atoms with Crippen LogP contribution in [0.3, 0.4) is 0 Å². The quantitative estimate of drug-likeness (QED) is 0.388. The second-order valence-corrected chi connectivity index (χ2v) is 4.32. The first-order chi connectivity index (χ1) is 6.01. The summed E-state index contributed by atoms with van der Waals surface area (Å²) in [5.41, 5.74) is -1.29. The van der Waals surface area contributed by atoms with Gasteiger partial charge in [0.1, 0.15) is 18.1 Å². The highest BCUT2D eigenvalue weighted by Crippen LogP contribution is 2.63. The van der Waals surface area contributed by atoms with E-state index in [9.17, 15) is 9.59 Å². The van der Waals surface area contributed by atoms with Crippen LogP contribution in [0, 0.1) is 11.8 Å². The number of ether oxygens (including phenoxy) is 2. The lowest BCUT2D eigenvalue weighted by Gasteiger charge is -2.09. The number of hydrogen-bond acceptors (Lipinski definition) is 4. The van der Waals surface area contributed by atoms with Crippen molar-refractivity contribution in [3.63, 3.8) is 0 Å². The number of hydrogen-bond donors (Lipinski definition) is 0. The van der Waals surface area contributed by atoms with E-state index in [-0.39, 0.29) is 30.2 Å². The molecule has 4 atom stereocenters. The number of fused-ring (bicyclic) bond motifs is 3. The predicted molar refractivity (Wildman–Crippen MR) is 40.8 cm³/mol. The highest BCUT2D eigenvalue weighted by Gasteiger charge is 2.83. The molecule has 0 spiro atoms. The van der Waals surface area contributed by atoms with E-state index in [4.69, 9.17) is 9.47 Å². The highest BCUT2D eigenvalue weighted by atomic mass is 16.6. The molecule has 70 valence electrons. The molecule has 0 aromatic heterocycles. The van der Waals surface area contributed by atoms with Crippen molar-refractivity contribution < 1.29 is 19.1 Å². The maximum absolute atomic E-state index is 11.7. The fraction of sp³-hybridized carbons (Fsp3) is 0.778. The van der Waals surface area contributed by atoms with Gasteiger partial charge in [0, 0.05) is 0 Å². The Morgan fingerprint density at radius 3 is 2.69 bits per heavy atom. The highest BCUT2D eigenvalue weighted by molar-refractivity contribution is 6.03. The van der Waals surface area contributed by atoms with Crippen LogP contribution in [0.2, 0.25) is 0 Å². The molecule has 2 aliphatic heterocycles. The summed E-state index contributed by atoms with van der Waals surface area (Å²) in [4.78, 5) is 23.1. The fourth-order valence-electron chi connectivity index (χ4n) is 2.77. The van der Waals surface area contributed by atoms with Crippen LogP contribution in [-0.4, -0.2) is 29.6 Å². The summed E-state index contributed by atoms with van der Waals surface area (Å²) in [6.45, 7) is 3.83. The summed E-state index contributed by atoms with van der Waals surface area (Å²) >= 11 is 0. The third kappa shape index (κ3) is 0.544. The molecule has 4 unspecified atom stereocenters. The number of cyclic esters (lactones) is 1. The lowest BCUT2D eigenvalue weighted by atomic mass is 9.90. The monoisotopic (exact) mass is 182 g/mol. The molecule has 3 aliphatic rings. The summed E-state index contributed by atoms with van der Waals surface area (Å²) in [5, 5.41) is 0. The minimum absolute atomic E-state index is 0.0332. The normalized spacial score (nSPS) is 57.4. The van der Waals surface area contributed by atoms with Gasteiger partial charge in [0.15, 0.2) is 11.4 Å². The van der Waals surface area contributed by atoms with Crippen molar-refractivity contribution in [3.8, 4) is 0 Å². The molecule has 0 aromatic rings. The largest absolute Gasteiger partial charge is 0.465 e. The summed E-state index contributed by atoms with van der Waals surface area (Å²) < 4.78 is 10.2. The fourth-order valence-corrected chi connectivity index (χ4v) is 2.77. The number of esters is 1. The molecule has 0 radical (unpaired) electrons. The van der Waals surface area contributed by atoms with Gasteiger partial charge in [-0.25, -0.2) is 0 Å². The van der Waals surface area contributed by atoms with Crippen molar-refractivity contribution in [2.75, 3.05) is 6.61 Å². The molecule has 1 saturated carbocycles. The van der Waals surface area contributed by atoms with Crippen molar-refractivity contribution in [2.24, 2.45) is 11.8 Å². The Morgan fingerprint density at radius 2 is 2.08 bits per heavy atom. The van der Waals surface area contributed by atoms with Crippen LogP contribution in [0.4, 0.5) is 0 Å². The molecule has 2 saturated heterocycles. The Morgan fingerprint density at radius 1 is 1.38 bits per heavy atom. The van der Waals surface area contributed by atoms with Crippen molar-refractivity contribution in [2.45, 2.75) is 25.0 Å². The molecule has 1 aliphatic carbocycles.